The maximum atomic E-state index is 13.7. The van der Waals surface area contributed by atoms with E-state index in [1.807, 2.05) is 19.1 Å². The molecule has 55 heavy (non-hydrogen) atoms. The number of aryl methyl sites for hydroxylation is 1. The number of hydrogen-bond acceptors (Lipinski definition) is 12. The average Bonchev–Trinajstić information content (AvgIpc) is 3.40. The highest BCUT2D eigenvalue weighted by Gasteiger charge is 2.54. The summed E-state index contributed by atoms with van der Waals surface area (Å²) in [4.78, 5) is 39.3. The molecule has 4 aromatic rings. The summed E-state index contributed by atoms with van der Waals surface area (Å²) in [7, 11) is -3.86. The number of rotatable bonds is 12. The normalized spacial score (nSPS) is 14.3. The molecular weight excluding hydrogens is 727 g/mol. The second-order valence-corrected chi connectivity index (χ2v) is 17.1. The first kappa shape index (κ1) is 39.6. The zero-order valence-electron chi connectivity index (χ0n) is 31.9. The van der Waals surface area contributed by atoms with E-state index in [-0.39, 0.29) is 29.6 Å². The molecule has 13 heteroatoms. The number of carbonyl (C=O) groups excluding carboxylic acids is 3. The fraction of sp³-hybridized carbons (Fsp3) is 0.357. The van der Waals surface area contributed by atoms with Gasteiger partial charge in [0.2, 0.25) is 0 Å². The molecule has 2 heterocycles. The van der Waals surface area contributed by atoms with Gasteiger partial charge in [0.1, 0.15) is 23.0 Å². The minimum atomic E-state index is -3.86. The second-order valence-electron chi connectivity index (χ2n) is 15.5. The van der Waals surface area contributed by atoms with E-state index in [1.54, 1.807) is 96.1 Å². The molecule has 1 spiro atoms. The summed E-state index contributed by atoms with van der Waals surface area (Å²) in [6, 6.07) is 21.8. The van der Waals surface area contributed by atoms with Gasteiger partial charge in [0.05, 0.1) is 41.1 Å². The molecule has 2 aliphatic heterocycles. The number of ether oxygens (including phenoxy) is 5. The van der Waals surface area contributed by atoms with Gasteiger partial charge in [-0.25, -0.2) is 4.79 Å². The summed E-state index contributed by atoms with van der Waals surface area (Å²) in [6.07, 6.45) is 0. The van der Waals surface area contributed by atoms with Crippen molar-refractivity contribution in [3.63, 3.8) is 0 Å². The van der Waals surface area contributed by atoms with Gasteiger partial charge < -0.3 is 29.0 Å². The molecule has 0 atom stereocenters. The Labute approximate surface area is 321 Å². The summed E-state index contributed by atoms with van der Waals surface area (Å²) >= 11 is 0. The van der Waals surface area contributed by atoms with Crippen LogP contribution in [0.5, 0.6) is 23.0 Å². The lowest BCUT2D eigenvalue weighted by atomic mass is 9.77. The van der Waals surface area contributed by atoms with Crippen LogP contribution in [0.1, 0.15) is 79.7 Å². The Balaban J connectivity index is 1.18. The first-order valence-electron chi connectivity index (χ1n) is 17.9. The Kier molecular flexibility index (Phi) is 11.0. The number of nitrogens with one attached hydrogen (secondary N) is 1. The van der Waals surface area contributed by atoms with Gasteiger partial charge in [0.15, 0.2) is 5.60 Å². The summed E-state index contributed by atoms with van der Waals surface area (Å²) < 4.78 is 59.4. The van der Waals surface area contributed by atoms with Crippen molar-refractivity contribution in [1.82, 2.24) is 5.32 Å². The zero-order chi connectivity index (χ0) is 39.8. The maximum Gasteiger partial charge on any atom is 0.340 e. The standard InChI is InChI=1S/C42H45NO11S/c1-26-8-13-30(14-9-26)55(47,48)50-21-20-49-19-18-43-25-27-10-15-32-31(22-27)37(44)54-42(32)33-16-11-28(51-38(45)40(2,3)4)23-35(33)53-36-24-29(12-17-34(36)42)52-39(46)41(5,6)7/h8-17,22-24,43H,18-21,25H2,1-7H3. The van der Waals surface area contributed by atoms with Crippen molar-refractivity contribution in [3.05, 3.63) is 112 Å². The van der Waals surface area contributed by atoms with E-state index in [2.05, 4.69) is 5.32 Å². The molecule has 0 amide bonds. The minimum Gasteiger partial charge on any atom is -0.456 e. The zero-order valence-corrected chi connectivity index (χ0v) is 32.8. The van der Waals surface area contributed by atoms with E-state index in [1.165, 1.54) is 12.1 Å². The molecule has 1 N–H and O–H groups in total. The van der Waals surface area contributed by atoms with Crippen LogP contribution in [0, 0.1) is 17.8 Å². The molecule has 290 valence electrons. The lowest BCUT2D eigenvalue weighted by Gasteiger charge is -2.36. The number of hydrogen-bond donors (Lipinski definition) is 1. The van der Waals surface area contributed by atoms with E-state index >= 15 is 0 Å². The molecule has 4 aromatic carbocycles. The van der Waals surface area contributed by atoms with E-state index in [4.69, 9.17) is 27.9 Å². The third-order valence-corrected chi connectivity index (χ3v) is 10.3. The van der Waals surface area contributed by atoms with Gasteiger partial charge in [-0.2, -0.15) is 8.42 Å². The Morgan fingerprint density at radius 2 is 1.29 bits per heavy atom. The Hall–Kier alpha value is -5.08. The smallest absolute Gasteiger partial charge is 0.340 e. The summed E-state index contributed by atoms with van der Waals surface area (Å²) in [5.41, 5.74) is 0.869. The van der Waals surface area contributed by atoms with Gasteiger partial charge in [-0.1, -0.05) is 29.8 Å². The highest BCUT2D eigenvalue weighted by molar-refractivity contribution is 7.86. The summed E-state index contributed by atoms with van der Waals surface area (Å²) in [6.45, 7) is 13.5. The third-order valence-electron chi connectivity index (χ3n) is 8.99. The van der Waals surface area contributed by atoms with Crippen LogP contribution in [0.25, 0.3) is 0 Å². The largest absolute Gasteiger partial charge is 0.456 e. The van der Waals surface area contributed by atoms with Crippen LogP contribution in [0.15, 0.2) is 83.8 Å². The van der Waals surface area contributed by atoms with Crippen LogP contribution >= 0.6 is 0 Å². The second kappa shape index (κ2) is 15.2. The molecule has 0 fully saturated rings. The molecule has 12 nitrogen and oxygen atoms in total. The molecule has 2 aliphatic rings. The Morgan fingerprint density at radius 1 is 0.727 bits per heavy atom. The fourth-order valence-electron chi connectivity index (χ4n) is 5.95. The molecule has 0 aromatic heterocycles. The monoisotopic (exact) mass is 771 g/mol. The van der Waals surface area contributed by atoms with Crippen LogP contribution in [0.2, 0.25) is 0 Å². The number of benzene rings is 4. The lowest BCUT2D eigenvalue weighted by molar-refractivity contribution is -0.143. The van der Waals surface area contributed by atoms with E-state index in [0.29, 0.717) is 53.4 Å². The topological polar surface area (TPSA) is 153 Å². The van der Waals surface area contributed by atoms with Crippen LogP contribution in [0.3, 0.4) is 0 Å². The Bertz CT molecular complexity index is 2160. The molecule has 0 radical (unpaired) electrons. The Morgan fingerprint density at radius 3 is 1.85 bits per heavy atom. The highest BCUT2D eigenvalue weighted by atomic mass is 32.2. The highest BCUT2D eigenvalue weighted by Crippen LogP contribution is 2.57. The van der Waals surface area contributed by atoms with Gasteiger partial charge in [0.25, 0.3) is 10.1 Å². The molecule has 0 saturated heterocycles. The summed E-state index contributed by atoms with van der Waals surface area (Å²) in [5, 5.41) is 3.27. The van der Waals surface area contributed by atoms with Gasteiger partial charge in [-0.15, -0.1) is 0 Å². The average molecular weight is 772 g/mol. The maximum absolute atomic E-state index is 13.7. The molecule has 0 bridgehead atoms. The quantitative estimate of drug-likeness (QED) is 0.0685. The molecule has 6 rings (SSSR count). The number of fused-ring (bicyclic) bond motifs is 6. The lowest BCUT2D eigenvalue weighted by Crippen LogP contribution is -2.33. The van der Waals surface area contributed by atoms with Crippen molar-refractivity contribution >= 4 is 28.0 Å². The minimum absolute atomic E-state index is 0.0905. The third kappa shape index (κ3) is 8.45. The predicted molar refractivity (Wildman–Crippen MR) is 202 cm³/mol. The molecule has 0 aliphatic carbocycles. The SMILES string of the molecule is Cc1ccc(S(=O)(=O)OCCOCCNCc2ccc3c(c2)C(=O)OC32c3ccc(OC(=O)C(C)(C)C)cc3Oc3cc(OC(=O)C(C)(C)C)ccc32)cc1. The van der Waals surface area contributed by atoms with Gasteiger partial charge >= 0.3 is 17.9 Å². The van der Waals surface area contributed by atoms with Crippen molar-refractivity contribution in [2.75, 3.05) is 26.4 Å². The van der Waals surface area contributed by atoms with E-state index < -0.39 is 44.5 Å². The first-order valence-corrected chi connectivity index (χ1v) is 19.3. The number of esters is 3. The number of carbonyl (C=O) groups is 3. The van der Waals surface area contributed by atoms with Crippen LogP contribution in [-0.4, -0.2) is 52.7 Å². The van der Waals surface area contributed by atoms with Crippen molar-refractivity contribution in [1.29, 1.82) is 0 Å². The van der Waals surface area contributed by atoms with Crippen LogP contribution in [-0.2, 0) is 45.5 Å². The van der Waals surface area contributed by atoms with Crippen molar-refractivity contribution in [2.45, 2.75) is 65.5 Å². The van der Waals surface area contributed by atoms with Crippen molar-refractivity contribution in [3.8, 4) is 23.0 Å². The molecule has 0 saturated carbocycles. The van der Waals surface area contributed by atoms with Gasteiger partial charge in [-0.05, 0) is 96.5 Å². The van der Waals surface area contributed by atoms with E-state index in [9.17, 15) is 22.8 Å². The van der Waals surface area contributed by atoms with Crippen molar-refractivity contribution in [2.24, 2.45) is 10.8 Å². The predicted octanol–water partition coefficient (Wildman–Crippen LogP) is 6.98. The van der Waals surface area contributed by atoms with Gasteiger partial charge in [0, 0.05) is 41.9 Å². The summed E-state index contributed by atoms with van der Waals surface area (Å²) in [5.74, 6) is -0.293. The van der Waals surface area contributed by atoms with Crippen LogP contribution < -0.4 is 19.5 Å². The molecule has 0 unspecified atom stereocenters. The van der Waals surface area contributed by atoms with Crippen LogP contribution in [0.4, 0.5) is 0 Å². The fourth-order valence-corrected chi connectivity index (χ4v) is 6.84. The van der Waals surface area contributed by atoms with Gasteiger partial charge in [-0.3, -0.25) is 13.8 Å². The van der Waals surface area contributed by atoms with Crippen molar-refractivity contribution < 1.29 is 50.7 Å². The van der Waals surface area contributed by atoms with E-state index in [0.717, 1.165) is 11.1 Å². The molecular formula is C42H45NO11S. The first-order chi connectivity index (χ1) is 25.9.